The van der Waals surface area contributed by atoms with Crippen LogP contribution in [0.15, 0.2) is 24.4 Å². The van der Waals surface area contributed by atoms with Crippen molar-refractivity contribution < 1.29 is 5.11 Å². The maximum Gasteiger partial charge on any atom is 0.117 e. The van der Waals surface area contributed by atoms with Gasteiger partial charge in [-0.2, -0.15) is 5.10 Å². The van der Waals surface area contributed by atoms with Crippen LogP contribution in [0.3, 0.4) is 0 Å². The smallest absolute Gasteiger partial charge is 0.117 e. The molecule has 68 valence electrons. The highest BCUT2D eigenvalue weighted by Gasteiger charge is 1.99. The molecular formula is C10H12N2O. The Labute approximate surface area is 76.6 Å². The standard InChI is InChI=1S/C10H12N2O/c1-2-5-12-7-8-3-4-9(13)6-10(8)11-12/h3-4,6-7,13H,2,5H2,1H3. The first-order valence-corrected chi connectivity index (χ1v) is 4.46. The molecule has 0 aliphatic carbocycles. The molecular weight excluding hydrogens is 164 g/mol. The number of phenolic OH excluding ortho intramolecular Hbond substituents is 1. The van der Waals surface area contributed by atoms with Crippen molar-refractivity contribution >= 4 is 10.9 Å². The molecule has 0 atom stereocenters. The highest BCUT2D eigenvalue weighted by molar-refractivity contribution is 5.79. The number of phenols is 1. The Morgan fingerprint density at radius 3 is 3.08 bits per heavy atom. The normalized spacial score (nSPS) is 10.8. The van der Waals surface area contributed by atoms with Gasteiger partial charge in [0.1, 0.15) is 5.75 Å². The SMILES string of the molecule is CCCn1cc2ccc(O)cc2n1. The molecule has 0 bridgehead atoms. The molecule has 0 amide bonds. The molecule has 1 heterocycles. The lowest BCUT2D eigenvalue weighted by Gasteiger charge is -1.93. The van der Waals surface area contributed by atoms with E-state index in [4.69, 9.17) is 0 Å². The number of nitrogens with zero attached hydrogens (tertiary/aromatic N) is 2. The summed E-state index contributed by atoms with van der Waals surface area (Å²) in [7, 11) is 0. The van der Waals surface area contributed by atoms with E-state index >= 15 is 0 Å². The minimum atomic E-state index is 0.272. The number of aromatic nitrogens is 2. The molecule has 0 saturated carbocycles. The van der Waals surface area contributed by atoms with Gasteiger partial charge in [-0.05, 0) is 18.6 Å². The highest BCUT2D eigenvalue weighted by Crippen LogP contribution is 2.18. The van der Waals surface area contributed by atoms with E-state index in [1.807, 2.05) is 16.9 Å². The predicted molar refractivity (Wildman–Crippen MR) is 51.7 cm³/mol. The second kappa shape index (κ2) is 3.09. The van der Waals surface area contributed by atoms with Crippen molar-refractivity contribution in [1.82, 2.24) is 9.78 Å². The van der Waals surface area contributed by atoms with Crippen molar-refractivity contribution in [3.63, 3.8) is 0 Å². The molecule has 0 aliphatic heterocycles. The van der Waals surface area contributed by atoms with Crippen molar-refractivity contribution in [2.45, 2.75) is 19.9 Å². The fraction of sp³-hybridized carbons (Fsp3) is 0.300. The number of hydrogen-bond acceptors (Lipinski definition) is 2. The highest BCUT2D eigenvalue weighted by atomic mass is 16.3. The molecule has 1 aromatic carbocycles. The number of aromatic hydroxyl groups is 1. The van der Waals surface area contributed by atoms with Crippen molar-refractivity contribution in [3.05, 3.63) is 24.4 Å². The molecule has 0 radical (unpaired) electrons. The van der Waals surface area contributed by atoms with Gasteiger partial charge in [0.05, 0.1) is 5.52 Å². The fourth-order valence-corrected chi connectivity index (χ4v) is 1.40. The monoisotopic (exact) mass is 176 g/mol. The van der Waals surface area contributed by atoms with Crippen molar-refractivity contribution in [2.24, 2.45) is 0 Å². The molecule has 0 fully saturated rings. The number of aryl methyl sites for hydroxylation is 1. The molecule has 3 nitrogen and oxygen atoms in total. The van der Waals surface area contributed by atoms with Gasteiger partial charge in [0.25, 0.3) is 0 Å². The number of fused-ring (bicyclic) bond motifs is 1. The van der Waals surface area contributed by atoms with Gasteiger partial charge in [-0.3, -0.25) is 4.68 Å². The van der Waals surface area contributed by atoms with Gasteiger partial charge in [-0.1, -0.05) is 6.92 Å². The van der Waals surface area contributed by atoms with Gasteiger partial charge in [-0.15, -0.1) is 0 Å². The lowest BCUT2D eigenvalue weighted by atomic mass is 10.2. The first kappa shape index (κ1) is 8.10. The van der Waals surface area contributed by atoms with Crippen molar-refractivity contribution in [3.8, 4) is 5.75 Å². The first-order chi connectivity index (χ1) is 6.29. The van der Waals surface area contributed by atoms with Gasteiger partial charge < -0.3 is 5.11 Å². The van der Waals surface area contributed by atoms with Crippen LogP contribution in [0.25, 0.3) is 10.9 Å². The zero-order valence-electron chi connectivity index (χ0n) is 7.57. The minimum absolute atomic E-state index is 0.272. The van der Waals surface area contributed by atoms with Gasteiger partial charge in [0.15, 0.2) is 0 Å². The summed E-state index contributed by atoms with van der Waals surface area (Å²) in [5, 5.41) is 14.6. The predicted octanol–water partition coefficient (Wildman–Crippen LogP) is 2.15. The zero-order chi connectivity index (χ0) is 9.26. The molecule has 0 unspecified atom stereocenters. The Morgan fingerprint density at radius 1 is 1.46 bits per heavy atom. The lowest BCUT2D eigenvalue weighted by Crippen LogP contribution is -1.95. The Bertz CT molecular complexity index is 420. The van der Waals surface area contributed by atoms with E-state index in [1.54, 1.807) is 12.1 Å². The second-order valence-corrected chi connectivity index (χ2v) is 3.14. The van der Waals surface area contributed by atoms with E-state index in [9.17, 15) is 5.11 Å². The van der Waals surface area contributed by atoms with Crippen LogP contribution in [0.2, 0.25) is 0 Å². The second-order valence-electron chi connectivity index (χ2n) is 3.14. The summed E-state index contributed by atoms with van der Waals surface area (Å²) >= 11 is 0. The van der Waals surface area contributed by atoms with Gasteiger partial charge >= 0.3 is 0 Å². The molecule has 13 heavy (non-hydrogen) atoms. The Morgan fingerprint density at radius 2 is 2.31 bits per heavy atom. The summed E-state index contributed by atoms with van der Waals surface area (Å²) in [6.07, 6.45) is 3.07. The molecule has 1 N–H and O–H groups in total. The van der Waals surface area contributed by atoms with Crippen molar-refractivity contribution in [2.75, 3.05) is 0 Å². The maximum absolute atomic E-state index is 9.22. The summed E-state index contributed by atoms with van der Waals surface area (Å²) in [5.74, 6) is 0.272. The summed E-state index contributed by atoms with van der Waals surface area (Å²) in [6.45, 7) is 3.04. The van der Waals surface area contributed by atoms with Crippen LogP contribution < -0.4 is 0 Å². The molecule has 2 aromatic rings. The first-order valence-electron chi connectivity index (χ1n) is 4.46. The van der Waals surface area contributed by atoms with Gasteiger partial charge in [0, 0.05) is 24.2 Å². The third-order valence-corrected chi connectivity index (χ3v) is 1.99. The van der Waals surface area contributed by atoms with E-state index in [1.165, 1.54) is 0 Å². The third kappa shape index (κ3) is 1.49. The summed E-state index contributed by atoms with van der Waals surface area (Å²) in [6, 6.07) is 5.24. The van der Waals surface area contributed by atoms with Crippen molar-refractivity contribution in [1.29, 1.82) is 0 Å². The van der Waals surface area contributed by atoms with Crippen LogP contribution in [0, 0.1) is 0 Å². The Kier molecular flexibility index (Phi) is 1.93. The van der Waals surface area contributed by atoms with Crippen LogP contribution in [0.5, 0.6) is 5.75 Å². The van der Waals surface area contributed by atoms with E-state index in [-0.39, 0.29) is 5.75 Å². The summed E-state index contributed by atoms with van der Waals surface area (Å²) in [5.41, 5.74) is 0.855. The molecule has 0 spiro atoms. The number of benzene rings is 1. The largest absolute Gasteiger partial charge is 0.508 e. The van der Waals surface area contributed by atoms with E-state index in [0.29, 0.717) is 0 Å². The minimum Gasteiger partial charge on any atom is -0.508 e. The summed E-state index contributed by atoms with van der Waals surface area (Å²) < 4.78 is 1.91. The van der Waals surface area contributed by atoms with Crippen LogP contribution in [0.4, 0.5) is 0 Å². The van der Waals surface area contributed by atoms with Gasteiger partial charge in [0.2, 0.25) is 0 Å². The van der Waals surface area contributed by atoms with Crippen LogP contribution >= 0.6 is 0 Å². The van der Waals surface area contributed by atoms with E-state index < -0.39 is 0 Å². The molecule has 0 saturated heterocycles. The average molecular weight is 176 g/mol. The quantitative estimate of drug-likeness (QED) is 0.761. The fourth-order valence-electron chi connectivity index (χ4n) is 1.40. The number of rotatable bonds is 2. The number of hydrogen-bond donors (Lipinski definition) is 1. The summed E-state index contributed by atoms with van der Waals surface area (Å²) in [4.78, 5) is 0. The average Bonchev–Trinajstić information content (AvgIpc) is 2.46. The third-order valence-electron chi connectivity index (χ3n) is 1.99. The Hall–Kier alpha value is -1.51. The molecule has 3 heteroatoms. The topological polar surface area (TPSA) is 38.0 Å². The lowest BCUT2D eigenvalue weighted by molar-refractivity contribution is 0.476. The van der Waals surface area contributed by atoms with Crippen LogP contribution in [-0.2, 0) is 6.54 Å². The van der Waals surface area contributed by atoms with Crippen LogP contribution in [0.1, 0.15) is 13.3 Å². The van der Waals surface area contributed by atoms with E-state index in [0.717, 1.165) is 23.9 Å². The molecule has 1 aromatic heterocycles. The zero-order valence-corrected chi connectivity index (χ0v) is 7.57. The Balaban J connectivity index is 2.49. The van der Waals surface area contributed by atoms with E-state index in [2.05, 4.69) is 12.0 Å². The molecule has 0 aliphatic rings. The van der Waals surface area contributed by atoms with Crippen LogP contribution in [-0.4, -0.2) is 14.9 Å². The molecule has 2 rings (SSSR count). The van der Waals surface area contributed by atoms with Gasteiger partial charge in [-0.25, -0.2) is 0 Å². The maximum atomic E-state index is 9.22.